The fourth-order valence-corrected chi connectivity index (χ4v) is 4.36. The Morgan fingerprint density at radius 3 is 0.938 bits per heavy atom. The Morgan fingerprint density at radius 2 is 0.750 bits per heavy atom. The minimum Gasteiger partial charge on any atom is -0.283 e. The van der Waals surface area contributed by atoms with Crippen LogP contribution in [0.1, 0.15) is 75.7 Å². The summed E-state index contributed by atoms with van der Waals surface area (Å²) in [4.78, 5) is 0. The Kier molecular flexibility index (Phi) is 17.7. The molecule has 0 bridgehead atoms. The number of halogens is 3. The zero-order valence-corrected chi connectivity index (χ0v) is 27.8. The molecule has 11 heteroatoms. The van der Waals surface area contributed by atoms with Gasteiger partial charge in [-0.1, -0.05) is 41.5 Å². The number of hydrogen-bond acceptors (Lipinski definition) is 3. The van der Waals surface area contributed by atoms with Gasteiger partial charge in [-0.3, -0.25) is 15.3 Å². The van der Waals surface area contributed by atoms with Gasteiger partial charge in [0.05, 0.1) is 17.1 Å². The molecule has 0 aliphatic carbocycles. The Morgan fingerprint density at radius 1 is 0.500 bits per heavy atom. The Bertz CT molecular complexity index is 756. The Labute approximate surface area is 258 Å². The quantitative estimate of drug-likeness (QED) is 0.222. The standard InChI is InChI=1S/C21H33BN6.3I.Ti/c1-7-13-19(14(8-2)24-23-13)22(20-15(9-3)25-26-16(20)10-4)21-17(11-5)27-28-18(21)12-6;;;;/h7-12H2,1-6H3,(H,23,24)(H,25,26)(H,27,28);;;;. The van der Waals surface area contributed by atoms with Gasteiger partial charge in [0.25, 0.3) is 6.71 Å². The second-order valence-corrected chi connectivity index (χ2v) is 7.24. The Balaban J connectivity index is 0. The number of H-pyrrole nitrogens is 3. The van der Waals surface area contributed by atoms with Crippen LogP contribution >= 0.6 is 71.9 Å². The topological polar surface area (TPSA) is 86.0 Å². The van der Waals surface area contributed by atoms with E-state index in [1.54, 1.807) is 0 Å². The van der Waals surface area contributed by atoms with Gasteiger partial charge in [0.1, 0.15) is 0 Å². The van der Waals surface area contributed by atoms with Crippen molar-refractivity contribution in [2.75, 3.05) is 0 Å². The molecule has 3 heterocycles. The van der Waals surface area contributed by atoms with E-state index >= 15 is 0 Å². The summed E-state index contributed by atoms with van der Waals surface area (Å²) in [6.07, 6.45) is 5.51. The molecule has 3 aromatic rings. The molecule has 0 saturated heterocycles. The van der Waals surface area contributed by atoms with Crippen molar-refractivity contribution in [1.82, 2.24) is 30.6 Å². The molecule has 0 aromatic carbocycles. The molecule has 3 aromatic heterocycles. The molecule has 0 aliphatic rings. The molecule has 0 aliphatic heterocycles. The van der Waals surface area contributed by atoms with Crippen molar-refractivity contribution in [3.05, 3.63) is 34.2 Å². The number of aryl methyl sites for hydroxylation is 6. The van der Waals surface area contributed by atoms with E-state index in [0.29, 0.717) is 0 Å². The van der Waals surface area contributed by atoms with Crippen LogP contribution < -0.4 is 16.4 Å². The van der Waals surface area contributed by atoms with Crippen LogP contribution in [0.2, 0.25) is 0 Å². The van der Waals surface area contributed by atoms with Crippen molar-refractivity contribution in [3.63, 3.8) is 0 Å². The third kappa shape index (κ3) is 6.63. The second kappa shape index (κ2) is 16.3. The fraction of sp³-hybridized carbons (Fsp3) is 0.571. The molecule has 6 nitrogen and oxygen atoms in total. The summed E-state index contributed by atoms with van der Waals surface area (Å²) in [5, 5.41) is 24.0. The summed E-state index contributed by atoms with van der Waals surface area (Å²) < 4.78 is 0. The molecule has 0 saturated carbocycles. The third-order valence-corrected chi connectivity index (χ3v) is 5.82. The SMILES string of the molecule is CCc1n[nH]c(CC)c1B(c1c(CC)n[nH]c1CC)c1c(CC)n[nH]c1CC.[I].[I].[I].[Ti]. The van der Waals surface area contributed by atoms with Crippen molar-refractivity contribution < 1.29 is 21.7 Å². The zero-order valence-electron chi connectivity index (χ0n) is 19.8. The van der Waals surface area contributed by atoms with Crippen molar-refractivity contribution in [2.24, 2.45) is 0 Å². The number of rotatable bonds is 9. The zero-order chi connectivity index (χ0) is 20.3. The molecular weight excluding hydrogens is 776 g/mol. The monoisotopic (exact) mass is 809 g/mol. The van der Waals surface area contributed by atoms with E-state index in [2.05, 4.69) is 72.1 Å². The predicted octanol–water partition coefficient (Wildman–Crippen LogP) is 4.40. The number of aromatic nitrogens is 6. The number of nitrogens with zero attached hydrogens (tertiary/aromatic N) is 3. The van der Waals surface area contributed by atoms with Crippen molar-refractivity contribution >= 4 is 95.0 Å². The van der Waals surface area contributed by atoms with E-state index in [4.69, 9.17) is 0 Å². The molecule has 175 valence electrons. The van der Waals surface area contributed by atoms with E-state index in [-0.39, 0.29) is 100 Å². The summed E-state index contributed by atoms with van der Waals surface area (Å²) in [6.45, 7) is 13.2. The maximum Gasteiger partial charge on any atom is 0.255 e. The first-order chi connectivity index (χ1) is 13.6. The second-order valence-electron chi connectivity index (χ2n) is 7.24. The molecule has 0 spiro atoms. The van der Waals surface area contributed by atoms with Crippen LogP contribution in [0.3, 0.4) is 0 Å². The van der Waals surface area contributed by atoms with Crippen LogP contribution in [0, 0.1) is 0 Å². The van der Waals surface area contributed by atoms with E-state index in [0.717, 1.165) is 55.6 Å². The number of hydrogen-bond donors (Lipinski definition) is 3. The van der Waals surface area contributed by atoms with E-state index in [1.807, 2.05) is 0 Å². The first-order valence-corrected chi connectivity index (χ1v) is 10.8. The molecule has 3 radical (unpaired) electrons. The molecule has 0 unspecified atom stereocenters. The van der Waals surface area contributed by atoms with Gasteiger partial charge in [0.15, 0.2) is 0 Å². The van der Waals surface area contributed by atoms with Gasteiger partial charge in [0.2, 0.25) is 0 Å². The van der Waals surface area contributed by atoms with Gasteiger partial charge in [-0.2, -0.15) is 15.3 Å². The van der Waals surface area contributed by atoms with Crippen LogP contribution in [-0.2, 0) is 60.2 Å². The smallest absolute Gasteiger partial charge is 0.255 e. The van der Waals surface area contributed by atoms with E-state index in [1.165, 1.54) is 33.5 Å². The van der Waals surface area contributed by atoms with Crippen LogP contribution in [-0.4, -0.2) is 37.3 Å². The first kappa shape index (κ1) is 34.8. The van der Waals surface area contributed by atoms with Gasteiger partial charge in [0, 0.05) is 111 Å². The largest absolute Gasteiger partial charge is 0.283 e. The summed E-state index contributed by atoms with van der Waals surface area (Å²) in [5.74, 6) is 0. The van der Waals surface area contributed by atoms with E-state index in [9.17, 15) is 0 Å². The molecule has 0 fully saturated rings. The summed E-state index contributed by atoms with van der Waals surface area (Å²) in [5.41, 5.74) is 11.1. The Hall–Kier alpha value is 0.599. The average molecular weight is 809 g/mol. The van der Waals surface area contributed by atoms with Gasteiger partial charge in [-0.15, -0.1) is 0 Å². The van der Waals surface area contributed by atoms with E-state index < -0.39 is 0 Å². The fourth-order valence-electron chi connectivity index (χ4n) is 4.36. The minimum atomic E-state index is 0. The molecule has 0 amide bonds. The average Bonchev–Trinajstić information content (AvgIpc) is 3.44. The molecule has 3 rings (SSSR count). The molecule has 32 heavy (non-hydrogen) atoms. The maximum absolute atomic E-state index is 4.68. The van der Waals surface area contributed by atoms with Crippen LogP contribution in [0.15, 0.2) is 0 Å². The van der Waals surface area contributed by atoms with Crippen LogP contribution in [0.25, 0.3) is 0 Å². The first-order valence-electron chi connectivity index (χ1n) is 10.8. The van der Waals surface area contributed by atoms with Gasteiger partial charge in [-0.05, 0) is 54.9 Å². The van der Waals surface area contributed by atoms with Gasteiger partial charge >= 0.3 is 0 Å². The van der Waals surface area contributed by atoms with Crippen LogP contribution in [0.4, 0.5) is 0 Å². The molecule has 0 atom stereocenters. The molecular formula is C21H33BI3N6Ti. The summed E-state index contributed by atoms with van der Waals surface area (Å²) in [6, 6.07) is 0. The number of aromatic amines is 3. The normalized spacial score (nSPS) is 9.94. The predicted molar refractivity (Wildman–Crippen MR) is 159 cm³/mol. The minimum absolute atomic E-state index is 0. The summed E-state index contributed by atoms with van der Waals surface area (Å²) >= 11 is 0. The van der Waals surface area contributed by atoms with Crippen molar-refractivity contribution in [3.8, 4) is 0 Å². The van der Waals surface area contributed by atoms with Crippen molar-refractivity contribution in [1.29, 1.82) is 0 Å². The number of nitrogens with one attached hydrogen (secondary N) is 3. The third-order valence-electron chi connectivity index (χ3n) is 5.82. The van der Waals surface area contributed by atoms with Crippen molar-refractivity contribution in [2.45, 2.75) is 80.1 Å². The van der Waals surface area contributed by atoms with Gasteiger partial charge in [-0.25, -0.2) is 0 Å². The summed E-state index contributed by atoms with van der Waals surface area (Å²) in [7, 11) is 0. The molecule has 3 N–H and O–H groups in total. The maximum atomic E-state index is 4.68. The van der Waals surface area contributed by atoms with Gasteiger partial charge < -0.3 is 0 Å². The van der Waals surface area contributed by atoms with Crippen LogP contribution in [0.5, 0.6) is 0 Å².